The molecule has 5 heteroatoms. The first-order valence-electron chi connectivity index (χ1n) is 12.1. The summed E-state index contributed by atoms with van der Waals surface area (Å²) in [4.78, 5) is 0. The average Bonchev–Trinajstić information content (AvgIpc) is 3.31. The largest absolute Gasteiger partial charge is 0.390 e. The van der Waals surface area contributed by atoms with Crippen molar-refractivity contribution in [3.63, 3.8) is 0 Å². The van der Waals surface area contributed by atoms with E-state index >= 15 is 0 Å². The van der Waals surface area contributed by atoms with Gasteiger partial charge < -0.3 is 19.5 Å². The van der Waals surface area contributed by atoms with E-state index in [4.69, 9.17) is 9.26 Å². The van der Waals surface area contributed by atoms with E-state index in [1.807, 2.05) is 20.1 Å². The van der Waals surface area contributed by atoms with E-state index in [0.29, 0.717) is 17.6 Å². The molecule has 2 unspecified atom stereocenters. The molecule has 4 fully saturated rings. The molecule has 30 heavy (non-hydrogen) atoms. The van der Waals surface area contributed by atoms with Crippen molar-refractivity contribution in [3.05, 3.63) is 17.5 Å². The van der Waals surface area contributed by atoms with Gasteiger partial charge in [-0.3, -0.25) is 0 Å². The van der Waals surface area contributed by atoms with Crippen molar-refractivity contribution in [2.45, 2.75) is 89.8 Å². The van der Waals surface area contributed by atoms with Crippen LogP contribution in [0.1, 0.15) is 89.0 Å². The topological polar surface area (TPSA) is 75.7 Å². The van der Waals surface area contributed by atoms with Crippen molar-refractivity contribution in [3.8, 4) is 0 Å². The highest BCUT2D eigenvalue weighted by atomic mass is 16.5. The number of aliphatic hydroxyl groups excluding tert-OH is 1. The van der Waals surface area contributed by atoms with Crippen LogP contribution in [0.5, 0.6) is 0 Å². The van der Waals surface area contributed by atoms with Gasteiger partial charge in [0.05, 0.1) is 17.9 Å². The third kappa shape index (κ3) is 3.02. The zero-order chi connectivity index (χ0) is 21.1. The Balaban J connectivity index is 1.43. The van der Waals surface area contributed by atoms with Gasteiger partial charge in [-0.2, -0.15) is 0 Å². The van der Waals surface area contributed by atoms with Gasteiger partial charge in [-0.25, -0.2) is 0 Å². The fourth-order valence-electron chi connectivity index (χ4n) is 8.84. The Morgan fingerprint density at radius 3 is 2.67 bits per heavy atom. The van der Waals surface area contributed by atoms with Crippen LogP contribution in [-0.2, 0) is 11.3 Å². The van der Waals surface area contributed by atoms with Gasteiger partial charge in [-0.1, -0.05) is 12.1 Å². The number of rotatable bonds is 4. The number of fused-ring (bicyclic) bond motifs is 5. The molecule has 5 nitrogen and oxygen atoms in total. The van der Waals surface area contributed by atoms with Gasteiger partial charge in [0.15, 0.2) is 5.76 Å². The Bertz CT molecular complexity index is 775. The van der Waals surface area contributed by atoms with Crippen molar-refractivity contribution >= 4 is 0 Å². The molecule has 0 spiro atoms. The van der Waals surface area contributed by atoms with Crippen LogP contribution in [0.25, 0.3) is 0 Å². The van der Waals surface area contributed by atoms with Crippen LogP contribution in [0.15, 0.2) is 10.6 Å². The smallest absolute Gasteiger partial charge is 0.162 e. The minimum atomic E-state index is -0.506. The summed E-state index contributed by atoms with van der Waals surface area (Å²) >= 11 is 0. The fourth-order valence-corrected chi connectivity index (χ4v) is 8.84. The normalized spacial score (nSPS) is 48.1. The van der Waals surface area contributed by atoms with Gasteiger partial charge in [-0.05, 0) is 99.2 Å². The Labute approximate surface area is 180 Å². The Morgan fingerprint density at radius 2 is 1.93 bits per heavy atom. The third-order valence-corrected chi connectivity index (χ3v) is 10.2. The Hall–Kier alpha value is -0.910. The minimum Gasteiger partial charge on any atom is -0.390 e. The van der Waals surface area contributed by atoms with Crippen LogP contribution in [0.2, 0.25) is 0 Å². The summed E-state index contributed by atoms with van der Waals surface area (Å²) in [7, 11) is 1.87. The maximum absolute atomic E-state index is 10.8. The lowest BCUT2D eigenvalue weighted by atomic mass is 9.43. The lowest BCUT2D eigenvalue weighted by molar-refractivity contribution is -0.172. The number of aliphatic hydroxyl groups is 2. The molecule has 1 aromatic heterocycles. The summed E-state index contributed by atoms with van der Waals surface area (Å²) in [6.07, 6.45) is 10.4. The van der Waals surface area contributed by atoms with Crippen LogP contribution >= 0.6 is 0 Å². The number of methoxy groups -OCH3 is 1. The molecule has 5 rings (SSSR count). The second-order valence-electron chi connectivity index (χ2n) is 11.6. The van der Waals surface area contributed by atoms with E-state index in [-0.39, 0.29) is 17.4 Å². The Morgan fingerprint density at radius 1 is 1.10 bits per heavy atom. The standard InChI is InChI=1S/C25H39NO4/c1-23(28)10-11-25(15-29-3)16(13-23)4-5-18-19-6-7-21(22-12-17(14-27)30-26-22)24(19,2)9-8-20(18)25/h12,16,18-21,27-28H,4-11,13-15H2,1-3H3/t16?,18-,19-,20-,21+,23+,24-,25?/m0/s1. The summed E-state index contributed by atoms with van der Waals surface area (Å²) in [5.41, 5.74) is 1.06. The monoisotopic (exact) mass is 417 g/mol. The lowest BCUT2D eigenvalue weighted by Crippen LogP contribution is -2.58. The lowest BCUT2D eigenvalue weighted by Gasteiger charge is -2.62. The average molecular weight is 418 g/mol. The maximum atomic E-state index is 10.8. The first-order valence-corrected chi connectivity index (χ1v) is 12.1. The molecule has 0 radical (unpaired) electrons. The number of aromatic nitrogens is 1. The van der Waals surface area contributed by atoms with Crippen molar-refractivity contribution < 1.29 is 19.5 Å². The highest BCUT2D eigenvalue weighted by Crippen LogP contribution is 2.69. The maximum Gasteiger partial charge on any atom is 0.162 e. The molecule has 168 valence electrons. The molecule has 2 N–H and O–H groups in total. The van der Waals surface area contributed by atoms with Crippen LogP contribution in [0, 0.1) is 34.5 Å². The van der Waals surface area contributed by atoms with Crippen LogP contribution in [0.4, 0.5) is 0 Å². The van der Waals surface area contributed by atoms with E-state index in [0.717, 1.165) is 49.3 Å². The number of ether oxygens (including phenoxy) is 1. The number of nitrogens with zero attached hydrogens (tertiary/aromatic N) is 1. The third-order valence-electron chi connectivity index (χ3n) is 10.2. The van der Waals surface area contributed by atoms with Crippen LogP contribution < -0.4 is 0 Å². The molecular weight excluding hydrogens is 378 g/mol. The van der Waals surface area contributed by atoms with Crippen LogP contribution in [-0.4, -0.2) is 34.7 Å². The van der Waals surface area contributed by atoms with E-state index in [2.05, 4.69) is 12.1 Å². The van der Waals surface area contributed by atoms with E-state index in [9.17, 15) is 10.2 Å². The molecule has 4 aliphatic rings. The number of hydrogen-bond acceptors (Lipinski definition) is 5. The molecule has 8 atom stereocenters. The van der Waals surface area contributed by atoms with Crippen LogP contribution in [0.3, 0.4) is 0 Å². The van der Waals surface area contributed by atoms with E-state index in [1.54, 1.807) is 0 Å². The first kappa shape index (κ1) is 21.0. The van der Waals surface area contributed by atoms with Crippen molar-refractivity contribution in [2.75, 3.05) is 13.7 Å². The predicted molar refractivity (Wildman–Crippen MR) is 114 cm³/mol. The predicted octanol–water partition coefficient (Wildman–Crippen LogP) is 4.67. The summed E-state index contributed by atoms with van der Waals surface area (Å²) in [5, 5.41) is 24.6. The highest BCUT2D eigenvalue weighted by molar-refractivity contribution is 5.20. The van der Waals surface area contributed by atoms with Gasteiger partial charge in [0, 0.05) is 19.1 Å². The second-order valence-corrected chi connectivity index (χ2v) is 11.6. The van der Waals surface area contributed by atoms with E-state index in [1.165, 1.54) is 38.5 Å². The molecule has 4 aliphatic carbocycles. The molecule has 0 bridgehead atoms. The Kier molecular flexibility index (Phi) is 5.11. The zero-order valence-corrected chi connectivity index (χ0v) is 18.9. The zero-order valence-electron chi connectivity index (χ0n) is 18.9. The highest BCUT2D eigenvalue weighted by Gasteiger charge is 2.62. The van der Waals surface area contributed by atoms with Gasteiger partial charge in [0.1, 0.15) is 6.61 Å². The molecular formula is C25H39NO4. The molecule has 0 aliphatic heterocycles. The summed E-state index contributed by atoms with van der Waals surface area (Å²) in [6, 6.07) is 1.98. The first-order chi connectivity index (χ1) is 14.3. The van der Waals surface area contributed by atoms with Crippen molar-refractivity contribution in [1.29, 1.82) is 0 Å². The molecule has 0 saturated heterocycles. The summed E-state index contributed by atoms with van der Waals surface area (Å²) in [5.74, 6) is 3.82. The SMILES string of the molecule is COCC12CC[C@@](C)(O)CC1CC[C@@H]1[C@@H]2CC[C@]2(C)[C@@H](c3cc(CO)on3)CC[C@@H]12. The summed E-state index contributed by atoms with van der Waals surface area (Å²) in [6.45, 7) is 5.31. The molecule has 4 saturated carbocycles. The van der Waals surface area contributed by atoms with Gasteiger partial charge in [-0.15, -0.1) is 0 Å². The van der Waals surface area contributed by atoms with E-state index < -0.39 is 5.60 Å². The summed E-state index contributed by atoms with van der Waals surface area (Å²) < 4.78 is 11.2. The van der Waals surface area contributed by atoms with Crippen molar-refractivity contribution in [1.82, 2.24) is 5.16 Å². The fraction of sp³-hybridized carbons (Fsp3) is 0.880. The number of hydrogen-bond donors (Lipinski definition) is 2. The van der Waals surface area contributed by atoms with Gasteiger partial charge >= 0.3 is 0 Å². The van der Waals surface area contributed by atoms with Gasteiger partial charge in [0.25, 0.3) is 0 Å². The molecule has 0 amide bonds. The minimum absolute atomic E-state index is 0.0741. The van der Waals surface area contributed by atoms with Gasteiger partial charge in [0.2, 0.25) is 0 Å². The molecule has 1 aromatic rings. The molecule has 1 heterocycles. The quantitative estimate of drug-likeness (QED) is 0.744. The van der Waals surface area contributed by atoms with Crippen molar-refractivity contribution in [2.24, 2.45) is 34.5 Å². The second kappa shape index (κ2) is 7.31. The molecule has 0 aromatic carbocycles.